The second kappa shape index (κ2) is 8.57. The third kappa shape index (κ3) is 3.84. The Labute approximate surface area is 199 Å². The van der Waals surface area contributed by atoms with Gasteiger partial charge in [-0.1, -0.05) is 18.2 Å². The van der Waals surface area contributed by atoms with Gasteiger partial charge in [-0.25, -0.2) is 9.97 Å². The van der Waals surface area contributed by atoms with Crippen LogP contribution in [0, 0.1) is 0 Å². The van der Waals surface area contributed by atoms with Gasteiger partial charge in [-0.3, -0.25) is 15.1 Å². The zero-order chi connectivity index (χ0) is 22.9. The molecule has 0 radical (unpaired) electrons. The minimum absolute atomic E-state index is 0.239. The van der Waals surface area contributed by atoms with Crippen molar-refractivity contribution in [2.24, 2.45) is 0 Å². The number of pyridine rings is 2. The second-order valence-corrected chi connectivity index (χ2v) is 8.52. The number of aromatic nitrogens is 3. The molecule has 34 heavy (non-hydrogen) atoms. The number of hydrogen-bond acceptors (Lipinski definition) is 7. The van der Waals surface area contributed by atoms with Crippen LogP contribution in [-0.4, -0.2) is 34.1 Å². The highest BCUT2D eigenvalue weighted by Gasteiger charge is 2.17. The summed E-state index contributed by atoms with van der Waals surface area (Å²) < 4.78 is 11.3. The van der Waals surface area contributed by atoms with Crippen molar-refractivity contribution in [1.82, 2.24) is 15.0 Å². The van der Waals surface area contributed by atoms with E-state index in [2.05, 4.69) is 15.3 Å². The normalized spacial score (nSPS) is 12.5. The van der Waals surface area contributed by atoms with E-state index in [1.165, 1.54) is 11.3 Å². The summed E-state index contributed by atoms with van der Waals surface area (Å²) in [5, 5.41) is 6.16. The van der Waals surface area contributed by atoms with Crippen molar-refractivity contribution >= 4 is 33.3 Å². The molecule has 5 aromatic rings. The highest BCUT2D eigenvalue weighted by atomic mass is 32.1. The molecule has 3 aromatic heterocycles. The molecule has 1 amide bonds. The van der Waals surface area contributed by atoms with E-state index in [9.17, 15) is 4.79 Å². The number of rotatable bonds is 4. The summed E-state index contributed by atoms with van der Waals surface area (Å²) in [5.41, 5.74) is 4.54. The highest BCUT2D eigenvalue weighted by Crippen LogP contribution is 2.35. The molecule has 1 aliphatic rings. The van der Waals surface area contributed by atoms with Crippen molar-refractivity contribution in [3.8, 4) is 34.0 Å². The van der Waals surface area contributed by atoms with Crippen LogP contribution >= 0.6 is 11.3 Å². The SMILES string of the molecule is O=C(Nc1nc(-c2ccc3c(c2)OCCO3)cs1)c1cc(-c2ccncc2)nc2ccccc12. The number of anilines is 1. The largest absolute Gasteiger partial charge is 0.486 e. The number of thiazole rings is 1. The zero-order valence-electron chi connectivity index (χ0n) is 17.9. The van der Waals surface area contributed by atoms with Crippen LogP contribution in [0.3, 0.4) is 0 Å². The Hall–Kier alpha value is -4.30. The second-order valence-electron chi connectivity index (χ2n) is 7.66. The molecule has 0 saturated heterocycles. The summed E-state index contributed by atoms with van der Waals surface area (Å²) >= 11 is 1.37. The van der Waals surface area contributed by atoms with Crippen molar-refractivity contribution in [3.05, 3.63) is 84.0 Å². The van der Waals surface area contributed by atoms with E-state index in [1.807, 2.05) is 66.0 Å². The first-order valence-electron chi connectivity index (χ1n) is 10.7. The Morgan fingerprint density at radius 1 is 0.853 bits per heavy atom. The Kier molecular flexibility index (Phi) is 5.12. The molecule has 0 spiro atoms. The fraction of sp³-hybridized carbons (Fsp3) is 0.0769. The molecule has 6 rings (SSSR count). The predicted molar refractivity (Wildman–Crippen MR) is 131 cm³/mol. The van der Waals surface area contributed by atoms with Crippen LogP contribution in [0.4, 0.5) is 5.13 Å². The highest BCUT2D eigenvalue weighted by molar-refractivity contribution is 7.14. The number of nitrogens with zero attached hydrogens (tertiary/aromatic N) is 3. The van der Waals surface area contributed by atoms with Crippen LogP contribution in [-0.2, 0) is 0 Å². The third-order valence-electron chi connectivity index (χ3n) is 5.50. The Bertz CT molecular complexity index is 1520. The number of benzene rings is 2. The quantitative estimate of drug-likeness (QED) is 0.379. The smallest absolute Gasteiger partial charge is 0.258 e. The van der Waals surface area contributed by atoms with Gasteiger partial charge >= 0.3 is 0 Å². The molecule has 166 valence electrons. The molecule has 0 fully saturated rings. The summed E-state index contributed by atoms with van der Waals surface area (Å²) in [6.45, 7) is 1.07. The first-order valence-corrected chi connectivity index (χ1v) is 11.6. The monoisotopic (exact) mass is 466 g/mol. The Balaban J connectivity index is 1.31. The van der Waals surface area contributed by atoms with Gasteiger partial charge in [0.1, 0.15) is 13.2 Å². The number of amides is 1. The Morgan fingerprint density at radius 2 is 1.68 bits per heavy atom. The van der Waals surface area contributed by atoms with E-state index in [0.717, 1.165) is 33.5 Å². The lowest BCUT2D eigenvalue weighted by atomic mass is 10.0. The van der Waals surface area contributed by atoms with Crippen molar-refractivity contribution in [2.45, 2.75) is 0 Å². The lowest BCUT2D eigenvalue weighted by Gasteiger charge is -2.18. The number of ether oxygens (including phenoxy) is 2. The lowest BCUT2D eigenvalue weighted by molar-refractivity contribution is 0.102. The minimum atomic E-state index is -0.239. The van der Waals surface area contributed by atoms with Gasteiger partial charge in [0.05, 0.1) is 22.5 Å². The summed E-state index contributed by atoms with van der Waals surface area (Å²) in [6.07, 6.45) is 3.42. The number of para-hydroxylation sites is 1. The maximum Gasteiger partial charge on any atom is 0.258 e. The molecule has 4 heterocycles. The fourth-order valence-electron chi connectivity index (χ4n) is 3.86. The first-order chi connectivity index (χ1) is 16.7. The molecular weight excluding hydrogens is 448 g/mol. The number of carbonyl (C=O) groups excluding carboxylic acids is 1. The average Bonchev–Trinajstić information content (AvgIpc) is 3.36. The molecular formula is C26H18N4O3S. The van der Waals surface area contributed by atoms with Crippen molar-refractivity contribution in [3.63, 3.8) is 0 Å². The van der Waals surface area contributed by atoms with E-state index in [4.69, 9.17) is 14.5 Å². The van der Waals surface area contributed by atoms with Crippen LogP contribution in [0.2, 0.25) is 0 Å². The summed E-state index contributed by atoms with van der Waals surface area (Å²) in [4.78, 5) is 26.8. The van der Waals surface area contributed by atoms with Gasteiger partial charge < -0.3 is 9.47 Å². The first kappa shape index (κ1) is 20.3. The number of hydrogen-bond donors (Lipinski definition) is 1. The lowest BCUT2D eigenvalue weighted by Crippen LogP contribution is -2.15. The fourth-order valence-corrected chi connectivity index (χ4v) is 4.58. The van der Waals surface area contributed by atoms with E-state index in [1.54, 1.807) is 12.4 Å². The van der Waals surface area contributed by atoms with E-state index in [0.29, 0.717) is 35.4 Å². The van der Waals surface area contributed by atoms with Crippen LogP contribution < -0.4 is 14.8 Å². The molecule has 0 aliphatic carbocycles. The number of fused-ring (bicyclic) bond motifs is 2. The molecule has 0 atom stereocenters. The van der Waals surface area contributed by atoms with Crippen LogP contribution in [0.25, 0.3) is 33.4 Å². The molecule has 0 saturated carbocycles. The molecule has 2 aromatic carbocycles. The average molecular weight is 467 g/mol. The van der Waals surface area contributed by atoms with Crippen molar-refractivity contribution in [2.75, 3.05) is 18.5 Å². The van der Waals surface area contributed by atoms with Crippen molar-refractivity contribution in [1.29, 1.82) is 0 Å². The third-order valence-corrected chi connectivity index (χ3v) is 6.26. The molecule has 0 bridgehead atoms. The van der Waals surface area contributed by atoms with Gasteiger partial charge in [0.25, 0.3) is 5.91 Å². The van der Waals surface area contributed by atoms with Gasteiger partial charge in [-0.15, -0.1) is 11.3 Å². The standard InChI is InChI=1S/C26H18N4O3S/c31-25(19-14-21(16-7-9-27-10-8-16)28-20-4-2-1-3-18(19)20)30-26-29-22(15-34-26)17-5-6-23-24(13-17)33-12-11-32-23/h1-10,13-15H,11-12H2,(H,29,30,31). The molecule has 7 nitrogen and oxygen atoms in total. The van der Waals surface area contributed by atoms with Crippen LogP contribution in [0.5, 0.6) is 11.5 Å². The van der Waals surface area contributed by atoms with Crippen molar-refractivity contribution < 1.29 is 14.3 Å². The molecule has 8 heteroatoms. The van der Waals surface area contributed by atoms with Gasteiger partial charge in [-0.05, 0) is 42.5 Å². The van der Waals surface area contributed by atoms with Gasteiger partial charge in [0.15, 0.2) is 16.6 Å². The summed E-state index contributed by atoms with van der Waals surface area (Å²) in [6, 6.07) is 18.9. The van der Waals surface area contributed by atoms with Gasteiger partial charge in [0.2, 0.25) is 0 Å². The summed E-state index contributed by atoms with van der Waals surface area (Å²) in [7, 11) is 0. The topological polar surface area (TPSA) is 86.2 Å². The zero-order valence-corrected chi connectivity index (χ0v) is 18.7. The molecule has 1 N–H and O–H groups in total. The van der Waals surface area contributed by atoms with Crippen LogP contribution in [0.15, 0.2) is 78.4 Å². The van der Waals surface area contributed by atoms with E-state index in [-0.39, 0.29) is 5.91 Å². The number of carbonyl (C=O) groups is 1. The molecule has 0 unspecified atom stereocenters. The maximum atomic E-state index is 13.3. The summed E-state index contributed by atoms with van der Waals surface area (Å²) in [5.74, 6) is 1.19. The molecule has 1 aliphatic heterocycles. The number of nitrogens with one attached hydrogen (secondary N) is 1. The van der Waals surface area contributed by atoms with E-state index >= 15 is 0 Å². The van der Waals surface area contributed by atoms with Gasteiger partial charge in [-0.2, -0.15) is 0 Å². The van der Waals surface area contributed by atoms with Gasteiger partial charge in [0, 0.05) is 34.3 Å². The Morgan fingerprint density at radius 3 is 2.56 bits per heavy atom. The minimum Gasteiger partial charge on any atom is -0.486 e. The van der Waals surface area contributed by atoms with E-state index < -0.39 is 0 Å². The maximum absolute atomic E-state index is 13.3. The predicted octanol–water partition coefficient (Wildman–Crippen LogP) is 5.44. The van der Waals surface area contributed by atoms with Crippen LogP contribution in [0.1, 0.15) is 10.4 Å².